The molecular weight excluding hydrogens is 186 g/mol. The maximum absolute atomic E-state index is 5.94. The molecular formula is C9H16ClN3. The van der Waals surface area contributed by atoms with E-state index in [0.717, 1.165) is 12.5 Å². The Morgan fingerprint density at radius 1 is 1.62 bits per heavy atom. The molecule has 0 fully saturated rings. The number of aryl methyl sites for hydroxylation is 1. The molecule has 0 amide bonds. The van der Waals surface area contributed by atoms with Crippen LogP contribution in [0.4, 0.5) is 5.95 Å². The largest absolute Gasteiger partial charge is 0.352 e. The molecule has 0 saturated carbocycles. The van der Waals surface area contributed by atoms with E-state index in [-0.39, 0.29) is 11.4 Å². The van der Waals surface area contributed by atoms with Crippen LogP contribution in [0.5, 0.6) is 0 Å². The third-order valence-corrected chi connectivity index (χ3v) is 2.48. The first kappa shape index (κ1) is 10.4. The van der Waals surface area contributed by atoms with Gasteiger partial charge in [0.15, 0.2) is 0 Å². The van der Waals surface area contributed by atoms with Crippen molar-refractivity contribution in [2.45, 2.75) is 38.7 Å². The summed E-state index contributed by atoms with van der Waals surface area (Å²) in [5.41, 5.74) is 0. The van der Waals surface area contributed by atoms with E-state index < -0.39 is 0 Å². The molecule has 2 unspecified atom stereocenters. The predicted octanol–water partition coefficient (Wildman–Crippen LogP) is 2.33. The number of alkyl halides is 1. The van der Waals surface area contributed by atoms with Gasteiger partial charge < -0.3 is 9.88 Å². The second-order valence-electron chi connectivity index (χ2n) is 3.15. The quantitative estimate of drug-likeness (QED) is 0.758. The van der Waals surface area contributed by atoms with Gasteiger partial charge in [-0.25, -0.2) is 4.98 Å². The lowest BCUT2D eigenvalue weighted by Crippen LogP contribution is -2.25. The predicted molar refractivity (Wildman–Crippen MR) is 56.3 cm³/mol. The molecule has 1 N–H and O–H groups in total. The first-order valence-electron chi connectivity index (χ1n) is 4.57. The zero-order chi connectivity index (χ0) is 9.84. The molecule has 0 bridgehead atoms. The second-order valence-corrected chi connectivity index (χ2v) is 3.84. The standard InChI is InChI=1S/C9H16ClN3/c1-4-13-6-5-11-9(13)12-8(3)7(2)10/h5-8H,4H2,1-3H3,(H,11,12). The molecule has 13 heavy (non-hydrogen) atoms. The Morgan fingerprint density at radius 3 is 2.85 bits per heavy atom. The van der Waals surface area contributed by atoms with Gasteiger partial charge in [0.05, 0.1) is 5.38 Å². The van der Waals surface area contributed by atoms with Gasteiger partial charge in [-0.05, 0) is 20.8 Å². The van der Waals surface area contributed by atoms with Gasteiger partial charge in [0.25, 0.3) is 0 Å². The summed E-state index contributed by atoms with van der Waals surface area (Å²) in [5.74, 6) is 0.891. The van der Waals surface area contributed by atoms with Crippen molar-refractivity contribution in [1.29, 1.82) is 0 Å². The molecule has 0 radical (unpaired) electrons. The number of nitrogens with zero attached hydrogens (tertiary/aromatic N) is 2. The number of rotatable bonds is 4. The van der Waals surface area contributed by atoms with E-state index in [1.807, 2.05) is 20.0 Å². The number of aromatic nitrogens is 2. The minimum absolute atomic E-state index is 0.0991. The Kier molecular flexibility index (Phi) is 3.60. The summed E-state index contributed by atoms with van der Waals surface area (Å²) in [6, 6.07) is 0.231. The van der Waals surface area contributed by atoms with Gasteiger partial charge in [-0.1, -0.05) is 0 Å². The monoisotopic (exact) mass is 201 g/mol. The number of imidazole rings is 1. The zero-order valence-electron chi connectivity index (χ0n) is 8.29. The van der Waals surface area contributed by atoms with Crippen LogP contribution < -0.4 is 5.32 Å². The van der Waals surface area contributed by atoms with Gasteiger partial charge in [0.1, 0.15) is 0 Å². The van der Waals surface area contributed by atoms with E-state index in [2.05, 4.69) is 21.8 Å². The SMILES string of the molecule is CCn1ccnc1NC(C)C(C)Cl. The van der Waals surface area contributed by atoms with Gasteiger partial charge in [-0.2, -0.15) is 0 Å². The number of halogens is 1. The van der Waals surface area contributed by atoms with Crippen LogP contribution in [0.1, 0.15) is 20.8 Å². The van der Waals surface area contributed by atoms with Gasteiger partial charge in [-0.3, -0.25) is 0 Å². The average Bonchev–Trinajstić information content (AvgIpc) is 2.51. The van der Waals surface area contributed by atoms with Crippen molar-refractivity contribution in [1.82, 2.24) is 9.55 Å². The van der Waals surface area contributed by atoms with Crippen LogP contribution in [0.15, 0.2) is 12.4 Å². The summed E-state index contributed by atoms with van der Waals surface area (Å²) >= 11 is 5.94. The summed E-state index contributed by atoms with van der Waals surface area (Å²) in [4.78, 5) is 4.20. The van der Waals surface area contributed by atoms with Crippen molar-refractivity contribution in [2.75, 3.05) is 5.32 Å². The van der Waals surface area contributed by atoms with E-state index in [4.69, 9.17) is 11.6 Å². The van der Waals surface area contributed by atoms with Crippen LogP contribution in [0.2, 0.25) is 0 Å². The summed E-state index contributed by atoms with van der Waals surface area (Å²) in [6.45, 7) is 7.03. The van der Waals surface area contributed by atoms with Crippen molar-refractivity contribution >= 4 is 17.5 Å². The molecule has 0 aliphatic carbocycles. The van der Waals surface area contributed by atoms with Gasteiger partial charge in [0, 0.05) is 25.0 Å². The van der Waals surface area contributed by atoms with Crippen LogP contribution in [-0.4, -0.2) is 21.0 Å². The fourth-order valence-electron chi connectivity index (χ4n) is 1.02. The number of nitrogens with one attached hydrogen (secondary N) is 1. The molecule has 1 aromatic heterocycles. The fourth-order valence-corrected chi connectivity index (χ4v) is 1.09. The Labute approximate surface area is 84.1 Å². The minimum Gasteiger partial charge on any atom is -0.352 e. The highest BCUT2D eigenvalue weighted by atomic mass is 35.5. The van der Waals surface area contributed by atoms with Crippen LogP contribution in [0.25, 0.3) is 0 Å². The van der Waals surface area contributed by atoms with E-state index in [1.54, 1.807) is 6.20 Å². The summed E-state index contributed by atoms with van der Waals surface area (Å²) < 4.78 is 2.05. The van der Waals surface area contributed by atoms with E-state index in [0.29, 0.717) is 0 Å². The summed E-state index contributed by atoms with van der Waals surface area (Å²) in [5, 5.41) is 3.36. The zero-order valence-corrected chi connectivity index (χ0v) is 9.04. The molecule has 1 rings (SSSR count). The van der Waals surface area contributed by atoms with Crippen molar-refractivity contribution in [3.63, 3.8) is 0 Å². The molecule has 0 aliphatic rings. The van der Waals surface area contributed by atoms with E-state index in [1.165, 1.54) is 0 Å². The van der Waals surface area contributed by atoms with Crippen molar-refractivity contribution in [3.8, 4) is 0 Å². The molecule has 0 aliphatic heterocycles. The lowest BCUT2D eigenvalue weighted by atomic mass is 10.2. The van der Waals surface area contributed by atoms with Gasteiger partial charge in [0.2, 0.25) is 5.95 Å². The lowest BCUT2D eigenvalue weighted by Gasteiger charge is -2.17. The maximum Gasteiger partial charge on any atom is 0.203 e. The van der Waals surface area contributed by atoms with Crippen LogP contribution >= 0.6 is 11.6 Å². The molecule has 0 spiro atoms. The highest BCUT2D eigenvalue weighted by Crippen LogP contribution is 2.10. The van der Waals surface area contributed by atoms with Crippen molar-refractivity contribution < 1.29 is 0 Å². The number of hydrogen-bond donors (Lipinski definition) is 1. The number of hydrogen-bond acceptors (Lipinski definition) is 2. The number of anilines is 1. The van der Waals surface area contributed by atoms with Crippen molar-refractivity contribution in [2.24, 2.45) is 0 Å². The van der Waals surface area contributed by atoms with Crippen molar-refractivity contribution in [3.05, 3.63) is 12.4 Å². The topological polar surface area (TPSA) is 29.9 Å². The Balaban J connectivity index is 2.62. The molecule has 0 saturated heterocycles. The first-order valence-corrected chi connectivity index (χ1v) is 5.00. The highest BCUT2D eigenvalue weighted by molar-refractivity contribution is 6.20. The third kappa shape index (κ3) is 2.62. The normalized spacial score (nSPS) is 15.4. The minimum atomic E-state index is 0.0991. The molecule has 0 aromatic carbocycles. The van der Waals surface area contributed by atoms with Crippen LogP contribution in [0, 0.1) is 0 Å². The van der Waals surface area contributed by atoms with Crippen LogP contribution in [-0.2, 0) is 6.54 Å². The Bertz CT molecular complexity index is 257. The molecule has 1 aromatic rings. The molecule has 4 heteroatoms. The van der Waals surface area contributed by atoms with E-state index >= 15 is 0 Å². The highest BCUT2D eigenvalue weighted by Gasteiger charge is 2.10. The smallest absolute Gasteiger partial charge is 0.203 e. The van der Waals surface area contributed by atoms with Gasteiger partial charge in [-0.15, -0.1) is 11.6 Å². The summed E-state index contributed by atoms with van der Waals surface area (Å²) in [7, 11) is 0. The van der Waals surface area contributed by atoms with Crippen LogP contribution in [0.3, 0.4) is 0 Å². The molecule has 2 atom stereocenters. The summed E-state index contributed by atoms with van der Waals surface area (Å²) in [6.07, 6.45) is 3.74. The average molecular weight is 202 g/mol. The maximum atomic E-state index is 5.94. The lowest BCUT2D eigenvalue weighted by molar-refractivity contribution is 0.716. The first-order chi connectivity index (χ1) is 6.15. The Morgan fingerprint density at radius 2 is 2.31 bits per heavy atom. The van der Waals surface area contributed by atoms with Gasteiger partial charge >= 0.3 is 0 Å². The third-order valence-electron chi connectivity index (χ3n) is 2.10. The Hall–Kier alpha value is -0.700. The molecule has 74 valence electrons. The molecule has 1 heterocycles. The second kappa shape index (κ2) is 4.51. The fraction of sp³-hybridized carbons (Fsp3) is 0.667. The van der Waals surface area contributed by atoms with E-state index in [9.17, 15) is 0 Å². The molecule has 3 nitrogen and oxygen atoms in total.